The first-order valence-corrected chi connectivity index (χ1v) is 8.55. The number of nitrogens with zero attached hydrogens (tertiary/aromatic N) is 3. The first-order valence-electron chi connectivity index (χ1n) is 8.55. The molecule has 1 saturated heterocycles. The monoisotopic (exact) mass is 413 g/mol. The molecule has 1 fully saturated rings. The van der Waals surface area contributed by atoms with Crippen molar-refractivity contribution in [1.82, 2.24) is 9.88 Å². The minimum absolute atomic E-state index is 0. The van der Waals surface area contributed by atoms with Gasteiger partial charge in [0, 0.05) is 44.3 Å². The number of halogens is 2. The maximum Gasteiger partial charge on any atom is 0.363 e. The van der Waals surface area contributed by atoms with Crippen molar-refractivity contribution in [1.29, 1.82) is 0 Å². The third kappa shape index (κ3) is 6.27. The van der Waals surface area contributed by atoms with Gasteiger partial charge >= 0.3 is 5.97 Å². The molecule has 0 radical (unpaired) electrons. The number of rotatable bonds is 6. The molecule has 3 rings (SSSR count). The minimum atomic E-state index is -0.720. The van der Waals surface area contributed by atoms with Crippen molar-refractivity contribution in [2.75, 3.05) is 37.7 Å². The van der Waals surface area contributed by atoms with Crippen LogP contribution in [0.15, 0.2) is 54.9 Å². The molecule has 27 heavy (non-hydrogen) atoms. The largest absolute Gasteiger partial charge is 0.464 e. The van der Waals surface area contributed by atoms with Crippen LogP contribution < -0.4 is 9.64 Å². The Morgan fingerprint density at radius 1 is 1.04 bits per heavy atom. The Labute approximate surface area is 172 Å². The molecule has 0 spiro atoms. The molecule has 0 saturated carbocycles. The summed E-state index contributed by atoms with van der Waals surface area (Å²) in [7, 11) is 0. The van der Waals surface area contributed by atoms with E-state index in [1.54, 1.807) is 19.3 Å². The van der Waals surface area contributed by atoms with Crippen LogP contribution in [0.3, 0.4) is 0 Å². The molecular weight excluding hydrogens is 389 g/mol. The van der Waals surface area contributed by atoms with E-state index in [9.17, 15) is 4.79 Å². The highest BCUT2D eigenvalue weighted by atomic mass is 35.5. The van der Waals surface area contributed by atoms with Gasteiger partial charge in [0.2, 0.25) is 0 Å². The Hall–Kier alpha value is -2.02. The number of para-hydroxylation sites is 1. The third-order valence-corrected chi connectivity index (χ3v) is 4.15. The number of hydrogen-bond acceptors (Lipinski definition) is 6. The van der Waals surface area contributed by atoms with E-state index in [1.807, 2.05) is 47.4 Å². The Balaban J connectivity index is 0.00000182. The molecule has 0 bridgehead atoms. The summed E-state index contributed by atoms with van der Waals surface area (Å²) in [4.78, 5) is 20.8. The van der Waals surface area contributed by atoms with E-state index >= 15 is 0 Å². The fraction of sp³-hybridized carbons (Fsp3) is 0.368. The van der Waals surface area contributed by atoms with E-state index in [0.29, 0.717) is 12.4 Å². The molecule has 8 heteroatoms. The maximum atomic E-state index is 12.4. The van der Waals surface area contributed by atoms with Gasteiger partial charge in [-0.3, -0.25) is 9.88 Å². The summed E-state index contributed by atoms with van der Waals surface area (Å²) in [5, 5.41) is 0. The van der Waals surface area contributed by atoms with Crippen LogP contribution >= 0.6 is 24.8 Å². The Morgan fingerprint density at radius 3 is 2.26 bits per heavy atom. The average molecular weight is 414 g/mol. The van der Waals surface area contributed by atoms with Crippen LogP contribution in [0, 0.1) is 0 Å². The standard InChI is InChI=1S/C19H23N3O3.2ClH/c1-2-24-19(23)18(25-17-6-4-3-5-7-17)22-14-12-21(13-15-22)16-8-10-20-11-9-16;;/h3-11,18H,2,12-15H2,1H3;2*1H. The van der Waals surface area contributed by atoms with Gasteiger partial charge < -0.3 is 14.4 Å². The lowest BCUT2D eigenvalue weighted by atomic mass is 10.2. The molecular formula is C19H25Cl2N3O3. The topological polar surface area (TPSA) is 54.9 Å². The third-order valence-electron chi connectivity index (χ3n) is 4.15. The molecule has 0 N–H and O–H groups in total. The Kier molecular flexibility index (Phi) is 9.93. The lowest BCUT2D eigenvalue weighted by Crippen LogP contribution is -2.55. The van der Waals surface area contributed by atoms with Crippen molar-refractivity contribution in [2.24, 2.45) is 0 Å². The van der Waals surface area contributed by atoms with Crippen molar-refractivity contribution in [2.45, 2.75) is 13.2 Å². The average Bonchev–Trinajstić information content (AvgIpc) is 2.68. The van der Waals surface area contributed by atoms with Crippen LogP contribution in [-0.4, -0.2) is 54.9 Å². The highest BCUT2D eigenvalue weighted by molar-refractivity contribution is 5.85. The van der Waals surface area contributed by atoms with Gasteiger partial charge in [-0.15, -0.1) is 24.8 Å². The molecule has 6 nitrogen and oxygen atoms in total. The second-order valence-corrected chi connectivity index (χ2v) is 5.76. The summed E-state index contributed by atoms with van der Waals surface area (Å²) in [5.41, 5.74) is 1.14. The molecule has 1 aliphatic rings. The zero-order valence-corrected chi connectivity index (χ0v) is 16.8. The predicted octanol–water partition coefficient (Wildman–Crippen LogP) is 3.02. The quantitative estimate of drug-likeness (QED) is 0.678. The number of piperazine rings is 1. The van der Waals surface area contributed by atoms with Crippen LogP contribution in [0.1, 0.15) is 6.92 Å². The van der Waals surface area contributed by atoms with Gasteiger partial charge in [-0.05, 0) is 31.2 Å². The lowest BCUT2D eigenvalue weighted by Gasteiger charge is -2.38. The highest BCUT2D eigenvalue weighted by Gasteiger charge is 2.32. The first-order chi connectivity index (χ1) is 12.3. The maximum absolute atomic E-state index is 12.4. The number of pyridine rings is 1. The minimum Gasteiger partial charge on any atom is -0.464 e. The normalized spacial score (nSPS) is 15.1. The molecule has 1 aromatic carbocycles. The fourth-order valence-electron chi connectivity index (χ4n) is 2.88. The molecule has 0 aliphatic carbocycles. The number of carbonyl (C=O) groups excluding carboxylic acids is 1. The van der Waals surface area contributed by atoms with Gasteiger partial charge in [0.1, 0.15) is 5.75 Å². The smallest absolute Gasteiger partial charge is 0.363 e. The molecule has 1 aromatic heterocycles. The van der Waals surface area contributed by atoms with Crippen molar-refractivity contribution in [3.8, 4) is 5.75 Å². The Bertz CT molecular complexity index is 668. The van der Waals surface area contributed by atoms with E-state index in [0.717, 1.165) is 31.9 Å². The zero-order valence-electron chi connectivity index (χ0n) is 15.2. The molecule has 0 amide bonds. The van der Waals surface area contributed by atoms with Gasteiger partial charge in [-0.2, -0.15) is 0 Å². The number of anilines is 1. The molecule has 1 unspecified atom stereocenters. The number of hydrogen-bond donors (Lipinski definition) is 0. The van der Waals surface area contributed by atoms with E-state index in [4.69, 9.17) is 9.47 Å². The Morgan fingerprint density at radius 2 is 1.67 bits per heavy atom. The summed E-state index contributed by atoms with van der Waals surface area (Å²) in [6, 6.07) is 13.4. The van der Waals surface area contributed by atoms with Crippen molar-refractivity contribution < 1.29 is 14.3 Å². The molecule has 1 atom stereocenters. The van der Waals surface area contributed by atoms with E-state index < -0.39 is 6.23 Å². The van der Waals surface area contributed by atoms with Gasteiger partial charge in [-0.1, -0.05) is 18.2 Å². The highest BCUT2D eigenvalue weighted by Crippen LogP contribution is 2.19. The van der Waals surface area contributed by atoms with Crippen LogP contribution in [0.4, 0.5) is 5.69 Å². The summed E-state index contributed by atoms with van der Waals surface area (Å²) < 4.78 is 11.1. The van der Waals surface area contributed by atoms with E-state index in [1.165, 1.54) is 0 Å². The number of aromatic nitrogens is 1. The molecule has 2 heterocycles. The van der Waals surface area contributed by atoms with Crippen LogP contribution in [0.2, 0.25) is 0 Å². The van der Waals surface area contributed by atoms with E-state index in [-0.39, 0.29) is 30.8 Å². The van der Waals surface area contributed by atoms with Crippen LogP contribution in [0.5, 0.6) is 5.75 Å². The zero-order chi connectivity index (χ0) is 17.5. The van der Waals surface area contributed by atoms with Crippen molar-refractivity contribution in [3.05, 3.63) is 54.9 Å². The summed E-state index contributed by atoms with van der Waals surface area (Å²) in [5.74, 6) is 0.320. The van der Waals surface area contributed by atoms with Crippen molar-refractivity contribution in [3.63, 3.8) is 0 Å². The van der Waals surface area contributed by atoms with Crippen molar-refractivity contribution >= 4 is 36.5 Å². The number of benzene rings is 1. The summed E-state index contributed by atoms with van der Waals surface area (Å²) in [6.07, 6.45) is 2.87. The van der Waals surface area contributed by atoms with Crippen LogP contribution in [0.25, 0.3) is 0 Å². The van der Waals surface area contributed by atoms with E-state index in [2.05, 4.69) is 9.88 Å². The molecule has 1 aliphatic heterocycles. The lowest BCUT2D eigenvalue weighted by molar-refractivity contribution is -0.161. The van der Waals surface area contributed by atoms with Crippen LogP contribution in [-0.2, 0) is 9.53 Å². The predicted molar refractivity (Wildman–Crippen MR) is 110 cm³/mol. The van der Waals surface area contributed by atoms with Gasteiger partial charge in [0.15, 0.2) is 0 Å². The van der Waals surface area contributed by atoms with Gasteiger partial charge in [0.05, 0.1) is 6.61 Å². The number of esters is 1. The molecule has 2 aromatic rings. The fourth-order valence-corrected chi connectivity index (χ4v) is 2.88. The SMILES string of the molecule is CCOC(=O)C(Oc1ccccc1)N1CCN(c2ccncc2)CC1.Cl.Cl. The van der Waals surface area contributed by atoms with Gasteiger partial charge in [0.25, 0.3) is 6.23 Å². The second kappa shape index (κ2) is 11.6. The summed E-state index contributed by atoms with van der Waals surface area (Å²) >= 11 is 0. The second-order valence-electron chi connectivity index (χ2n) is 5.76. The number of carbonyl (C=O) groups is 1. The molecule has 148 valence electrons. The first kappa shape index (κ1) is 23.0. The number of ether oxygens (including phenoxy) is 2. The summed E-state index contributed by atoms with van der Waals surface area (Å²) in [6.45, 7) is 5.22. The van der Waals surface area contributed by atoms with Gasteiger partial charge in [-0.25, -0.2) is 4.79 Å².